The van der Waals surface area contributed by atoms with Crippen LogP contribution in [-0.2, 0) is 11.3 Å². The van der Waals surface area contributed by atoms with Crippen LogP contribution in [0.4, 0.5) is 0 Å². The molecule has 1 aliphatic rings. The summed E-state index contributed by atoms with van der Waals surface area (Å²) in [5.74, 6) is 6.39. The summed E-state index contributed by atoms with van der Waals surface area (Å²) in [6.07, 6.45) is 1.88. The fraction of sp³-hybridized carbons (Fsp3) is 0.533. The van der Waals surface area contributed by atoms with Gasteiger partial charge < -0.3 is 11.1 Å². The summed E-state index contributed by atoms with van der Waals surface area (Å²) in [5.41, 5.74) is 6.51. The van der Waals surface area contributed by atoms with Crippen molar-refractivity contribution in [3.8, 4) is 11.8 Å². The number of hydrogen-bond acceptors (Lipinski definition) is 4. The van der Waals surface area contributed by atoms with Crippen molar-refractivity contribution >= 4 is 17.2 Å². The molecule has 2 heterocycles. The molecule has 5 heteroatoms. The van der Waals surface area contributed by atoms with E-state index in [0.29, 0.717) is 6.54 Å². The van der Waals surface area contributed by atoms with Crippen molar-refractivity contribution in [2.45, 2.75) is 19.4 Å². The molecular formula is C15H21N3OS. The summed E-state index contributed by atoms with van der Waals surface area (Å²) < 4.78 is 0. The zero-order chi connectivity index (χ0) is 14.4. The van der Waals surface area contributed by atoms with Gasteiger partial charge in [0.15, 0.2) is 0 Å². The second-order valence-corrected chi connectivity index (χ2v) is 5.93. The van der Waals surface area contributed by atoms with Gasteiger partial charge in [-0.05, 0) is 37.4 Å². The van der Waals surface area contributed by atoms with Crippen LogP contribution in [0, 0.1) is 17.8 Å². The maximum Gasteiger partial charge on any atom is 0.222 e. The van der Waals surface area contributed by atoms with Crippen LogP contribution in [0.15, 0.2) is 11.4 Å². The molecule has 1 amide bonds. The maximum atomic E-state index is 11.6. The first kappa shape index (κ1) is 15.0. The summed E-state index contributed by atoms with van der Waals surface area (Å²) in [4.78, 5) is 15.3. The molecule has 0 saturated carbocycles. The van der Waals surface area contributed by atoms with Gasteiger partial charge in [0.05, 0.1) is 6.54 Å². The fourth-order valence-corrected chi connectivity index (χ4v) is 3.35. The Hall–Kier alpha value is -1.35. The Kier molecular flexibility index (Phi) is 5.60. The van der Waals surface area contributed by atoms with E-state index in [-0.39, 0.29) is 11.8 Å². The second-order valence-electron chi connectivity index (χ2n) is 4.93. The Labute approximate surface area is 124 Å². The van der Waals surface area contributed by atoms with Gasteiger partial charge in [0.1, 0.15) is 0 Å². The van der Waals surface area contributed by atoms with E-state index in [1.165, 1.54) is 4.88 Å². The van der Waals surface area contributed by atoms with E-state index in [1.807, 2.05) is 0 Å². The van der Waals surface area contributed by atoms with E-state index in [0.717, 1.165) is 38.0 Å². The molecule has 0 aromatic carbocycles. The van der Waals surface area contributed by atoms with E-state index >= 15 is 0 Å². The number of carbonyl (C=O) groups is 1. The van der Waals surface area contributed by atoms with Crippen LogP contribution < -0.4 is 11.1 Å². The largest absolute Gasteiger partial charge is 0.359 e. The lowest BCUT2D eigenvalue weighted by molar-refractivity contribution is -0.125. The second kappa shape index (κ2) is 7.44. The van der Waals surface area contributed by atoms with Crippen LogP contribution in [0.5, 0.6) is 0 Å². The van der Waals surface area contributed by atoms with Gasteiger partial charge in [-0.25, -0.2) is 0 Å². The average molecular weight is 291 g/mol. The van der Waals surface area contributed by atoms with E-state index in [4.69, 9.17) is 5.73 Å². The minimum absolute atomic E-state index is 0.176. The third kappa shape index (κ3) is 3.83. The monoisotopic (exact) mass is 291 g/mol. The van der Waals surface area contributed by atoms with E-state index < -0.39 is 0 Å². The number of amides is 1. The molecule has 108 valence electrons. The predicted octanol–water partition coefficient (Wildman–Crippen LogP) is 1.02. The summed E-state index contributed by atoms with van der Waals surface area (Å²) in [7, 11) is 1.71. The number of nitrogens with one attached hydrogen (secondary N) is 1. The Bertz CT molecular complexity index is 507. The third-order valence-electron chi connectivity index (χ3n) is 3.64. The highest BCUT2D eigenvalue weighted by Crippen LogP contribution is 2.23. The molecule has 1 saturated heterocycles. The van der Waals surface area contributed by atoms with Crippen LogP contribution in [0.1, 0.15) is 23.3 Å². The normalized spacial score (nSPS) is 16.5. The zero-order valence-electron chi connectivity index (χ0n) is 11.8. The number of likely N-dealkylation sites (tertiary alicyclic amines) is 1. The molecule has 0 unspecified atom stereocenters. The lowest BCUT2D eigenvalue weighted by atomic mass is 9.96. The molecule has 0 aliphatic carbocycles. The highest BCUT2D eigenvalue weighted by Gasteiger charge is 2.24. The summed E-state index contributed by atoms with van der Waals surface area (Å²) in [6.45, 7) is 3.26. The zero-order valence-corrected chi connectivity index (χ0v) is 12.6. The molecule has 0 atom stereocenters. The molecule has 2 rings (SSSR count). The molecule has 3 N–H and O–H groups in total. The molecular weight excluding hydrogens is 270 g/mol. The van der Waals surface area contributed by atoms with Crippen molar-refractivity contribution in [3.05, 3.63) is 21.9 Å². The first-order valence-corrected chi connectivity index (χ1v) is 7.81. The SMILES string of the molecule is CNC(=O)C1CCN(Cc2sccc2C#CCN)CC1. The number of nitrogens with two attached hydrogens (primary N) is 1. The Morgan fingerprint density at radius 3 is 2.95 bits per heavy atom. The van der Waals surface area contributed by atoms with E-state index in [2.05, 4.69) is 33.5 Å². The highest BCUT2D eigenvalue weighted by molar-refractivity contribution is 7.10. The molecule has 1 fully saturated rings. The van der Waals surface area contributed by atoms with E-state index in [9.17, 15) is 4.79 Å². The van der Waals surface area contributed by atoms with Crippen LogP contribution in [0.25, 0.3) is 0 Å². The first-order valence-electron chi connectivity index (χ1n) is 6.94. The Balaban J connectivity index is 1.90. The summed E-state index contributed by atoms with van der Waals surface area (Å²) in [6, 6.07) is 2.06. The van der Waals surface area contributed by atoms with Gasteiger partial charge >= 0.3 is 0 Å². The number of piperidine rings is 1. The van der Waals surface area contributed by atoms with E-state index in [1.54, 1.807) is 18.4 Å². The van der Waals surface area contributed by atoms with Crippen molar-refractivity contribution < 1.29 is 4.79 Å². The number of rotatable bonds is 3. The van der Waals surface area contributed by atoms with Gasteiger partial charge in [0.2, 0.25) is 5.91 Å². The predicted molar refractivity (Wildman–Crippen MR) is 82.3 cm³/mol. The van der Waals surface area contributed by atoms with Gasteiger partial charge in [0.25, 0.3) is 0 Å². The smallest absolute Gasteiger partial charge is 0.222 e. The van der Waals surface area contributed by atoms with Gasteiger partial charge in [-0.3, -0.25) is 9.69 Å². The summed E-state index contributed by atoms with van der Waals surface area (Å²) in [5, 5.41) is 4.82. The standard InChI is InChI=1S/C15H21N3OS/c1-17-15(19)13-4-8-18(9-5-13)11-14-12(3-2-7-16)6-10-20-14/h6,10,13H,4-5,7-9,11,16H2,1H3,(H,17,19). The van der Waals surface area contributed by atoms with Crippen LogP contribution >= 0.6 is 11.3 Å². The first-order chi connectivity index (χ1) is 9.74. The summed E-state index contributed by atoms with van der Waals surface area (Å²) >= 11 is 1.74. The number of thiophene rings is 1. The van der Waals surface area contributed by atoms with Gasteiger partial charge in [-0.1, -0.05) is 11.8 Å². The average Bonchev–Trinajstić information content (AvgIpc) is 2.92. The molecule has 1 aliphatic heterocycles. The molecule has 20 heavy (non-hydrogen) atoms. The highest BCUT2D eigenvalue weighted by atomic mass is 32.1. The number of carbonyl (C=O) groups excluding carboxylic acids is 1. The molecule has 0 radical (unpaired) electrons. The lowest BCUT2D eigenvalue weighted by Gasteiger charge is -2.30. The molecule has 0 bridgehead atoms. The van der Waals surface area contributed by atoms with Gasteiger partial charge in [-0.2, -0.15) is 0 Å². The Morgan fingerprint density at radius 2 is 2.30 bits per heavy atom. The van der Waals surface area contributed by atoms with Gasteiger partial charge in [-0.15, -0.1) is 11.3 Å². The quantitative estimate of drug-likeness (QED) is 0.817. The molecule has 4 nitrogen and oxygen atoms in total. The van der Waals surface area contributed by atoms with Gasteiger partial charge in [0, 0.05) is 30.0 Å². The van der Waals surface area contributed by atoms with Crippen LogP contribution in [0.3, 0.4) is 0 Å². The number of hydrogen-bond donors (Lipinski definition) is 2. The molecule has 0 spiro atoms. The van der Waals surface area contributed by atoms with Crippen molar-refractivity contribution in [1.82, 2.24) is 10.2 Å². The Morgan fingerprint density at radius 1 is 1.55 bits per heavy atom. The third-order valence-corrected chi connectivity index (χ3v) is 4.55. The van der Waals surface area contributed by atoms with Crippen molar-refractivity contribution in [3.63, 3.8) is 0 Å². The van der Waals surface area contributed by atoms with Crippen molar-refractivity contribution in [1.29, 1.82) is 0 Å². The minimum atomic E-state index is 0.176. The van der Waals surface area contributed by atoms with Crippen molar-refractivity contribution in [2.75, 3.05) is 26.7 Å². The topological polar surface area (TPSA) is 58.4 Å². The maximum absolute atomic E-state index is 11.6. The molecule has 1 aromatic heterocycles. The number of nitrogens with zero attached hydrogens (tertiary/aromatic N) is 1. The van der Waals surface area contributed by atoms with Crippen LogP contribution in [-0.4, -0.2) is 37.5 Å². The van der Waals surface area contributed by atoms with Crippen LogP contribution in [0.2, 0.25) is 0 Å². The lowest BCUT2D eigenvalue weighted by Crippen LogP contribution is -2.39. The van der Waals surface area contributed by atoms with Crippen molar-refractivity contribution in [2.24, 2.45) is 11.7 Å². The molecule has 1 aromatic rings. The fourth-order valence-electron chi connectivity index (χ4n) is 2.48. The minimum Gasteiger partial charge on any atom is -0.359 e.